The van der Waals surface area contributed by atoms with Crippen LogP contribution in [-0.4, -0.2) is 30.6 Å². The Morgan fingerprint density at radius 2 is 2.07 bits per heavy atom. The van der Waals surface area contributed by atoms with Crippen LogP contribution in [0.2, 0.25) is 0 Å². The number of nitrogens with zero attached hydrogens (tertiary/aromatic N) is 1. The minimum absolute atomic E-state index is 0.666. The molecule has 15 heavy (non-hydrogen) atoms. The van der Waals surface area contributed by atoms with E-state index in [-0.39, 0.29) is 0 Å². The molecule has 1 aliphatic rings. The first-order valence-corrected chi connectivity index (χ1v) is 6.68. The van der Waals surface area contributed by atoms with Gasteiger partial charge in [-0.1, -0.05) is 26.7 Å². The van der Waals surface area contributed by atoms with E-state index in [9.17, 15) is 0 Å². The summed E-state index contributed by atoms with van der Waals surface area (Å²) < 4.78 is 0. The summed E-state index contributed by atoms with van der Waals surface area (Å²) in [7, 11) is 0. The standard InChI is InChI=1S/C13H28N2/c1-12(2)7-6-10-15-9-5-3-4-8-13(15)11-14/h12-13H,3-11,14H2,1-2H3. The predicted octanol–water partition coefficient (Wildman–Crippen LogP) is 2.63. The Kier molecular flexibility index (Phi) is 6.26. The molecule has 0 aromatic carbocycles. The first kappa shape index (κ1) is 13.0. The Balaban J connectivity index is 2.28. The van der Waals surface area contributed by atoms with Crippen LogP contribution in [0.4, 0.5) is 0 Å². The summed E-state index contributed by atoms with van der Waals surface area (Å²) in [4.78, 5) is 2.63. The second-order valence-corrected chi connectivity index (χ2v) is 5.31. The van der Waals surface area contributed by atoms with Gasteiger partial charge in [0.2, 0.25) is 0 Å². The fourth-order valence-corrected chi connectivity index (χ4v) is 2.50. The second-order valence-electron chi connectivity index (χ2n) is 5.31. The SMILES string of the molecule is CC(C)CCCN1CCCCCC1CN. The van der Waals surface area contributed by atoms with Gasteiger partial charge in [-0.05, 0) is 44.7 Å². The first-order valence-electron chi connectivity index (χ1n) is 6.68. The Labute approximate surface area is 95.2 Å². The molecule has 1 fully saturated rings. The third-order valence-corrected chi connectivity index (χ3v) is 3.50. The minimum atomic E-state index is 0.666. The lowest BCUT2D eigenvalue weighted by Gasteiger charge is -2.29. The Hall–Kier alpha value is -0.0800. The topological polar surface area (TPSA) is 29.3 Å². The predicted molar refractivity (Wildman–Crippen MR) is 67.0 cm³/mol. The van der Waals surface area contributed by atoms with E-state index in [1.165, 1.54) is 51.6 Å². The molecule has 0 bridgehead atoms. The van der Waals surface area contributed by atoms with Gasteiger partial charge in [0, 0.05) is 12.6 Å². The summed E-state index contributed by atoms with van der Waals surface area (Å²) in [6.07, 6.45) is 8.16. The first-order chi connectivity index (χ1) is 7.24. The number of hydrogen-bond donors (Lipinski definition) is 1. The maximum absolute atomic E-state index is 5.85. The molecular weight excluding hydrogens is 184 g/mol. The molecule has 1 heterocycles. The van der Waals surface area contributed by atoms with Crippen LogP contribution < -0.4 is 5.73 Å². The summed E-state index contributed by atoms with van der Waals surface area (Å²) in [5.74, 6) is 0.841. The molecule has 2 N–H and O–H groups in total. The van der Waals surface area contributed by atoms with Crippen LogP contribution >= 0.6 is 0 Å². The smallest absolute Gasteiger partial charge is 0.0218 e. The van der Waals surface area contributed by atoms with Gasteiger partial charge in [-0.15, -0.1) is 0 Å². The van der Waals surface area contributed by atoms with Crippen molar-refractivity contribution >= 4 is 0 Å². The van der Waals surface area contributed by atoms with E-state index in [0.717, 1.165) is 12.5 Å². The van der Waals surface area contributed by atoms with Crippen molar-refractivity contribution in [2.24, 2.45) is 11.7 Å². The van der Waals surface area contributed by atoms with Crippen molar-refractivity contribution in [3.8, 4) is 0 Å². The van der Waals surface area contributed by atoms with Crippen LogP contribution in [0.3, 0.4) is 0 Å². The van der Waals surface area contributed by atoms with Gasteiger partial charge in [0.1, 0.15) is 0 Å². The lowest BCUT2D eigenvalue weighted by Crippen LogP contribution is -2.40. The van der Waals surface area contributed by atoms with Gasteiger partial charge in [0.15, 0.2) is 0 Å². The van der Waals surface area contributed by atoms with Gasteiger partial charge in [0.25, 0.3) is 0 Å². The van der Waals surface area contributed by atoms with E-state index in [2.05, 4.69) is 18.7 Å². The third kappa shape index (κ3) is 4.98. The maximum Gasteiger partial charge on any atom is 0.0218 e. The molecule has 0 saturated carbocycles. The Morgan fingerprint density at radius 3 is 2.73 bits per heavy atom. The molecule has 90 valence electrons. The zero-order chi connectivity index (χ0) is 11.1. The quantitative estimate of drug-likeness (QED) is 0.759. The minimum Gasteiger partial charge on any atom is -0.329 e. The van der Waals surface area contributed by atoms with Crippen molar-refractivity contribution in [1.29, 1.82) is 0 Å². The van der Waals surface area contributed by atoms with Crippen LogP contribution in [0.5, 0.6) is 0 Å². The van der Waals surface area contributed by atoms with Crippen LogP contribution in [0, 0.1) is 5.92 Å². The lowest BCUT2D eigenvalue weighted by atomic mass is 10.1. The van der Waals surface area contributed by atoms with E-state index in [1.807, 2.05) is 0 Å². The molecule has 0 amide bonds. The summed E-state index contributed by atoms with van der Waals surface area (Å²) >= 11 is 0. The normalized spacial score (nSPS) is 24.4. The highest BCUT2D eigenvalue weighted by Gasteiger charge is 2.18. The number of rotatable bonds is 5. The fourth-order valence-electron chi connectivity index (χ4n) is 2.50. The summed E-state index contributed by atoms with van der Waals surface area (Å²) in [6, 6.07) is 0.666. The van der Waals surface area contributed by atoms with Gasteiger partial charge in [-0.3, -0.25) is 4.90 Å². The van der Waals surface area contributed by atoms with Crippen LogP contribution in [-0.2, 0) is 0 Å². The zero-order valence-corrected chi connectivity index (χ0v) is 10.5. The fraction of sp³-hybridized carbons (Fsp3) is 1.00. The number of hydrogen-bond acceptors (Lipinski definition) is 2. The molecule has 1 atom stereocenters. The summed E-state index contributed by atoms with van der Waals surface area (Å²) in [5.41, 5.74) is 5.85. The zero-order valence-electron chi connectivity index (χ0n) is 10.5. The van der Waals surface area contributed by atoms with Crippen molar-refractivity contribution in [2.75, 3.05) is 19.6 Å². The molecule has 1 aliphatic heterocycles. The highest BCUT2D eigenvalue weighted by molar-refractivity contribution is 4.76. The van der Waals surface area contributed by atoms with Crippen LogP contribution in [0.1, 0.15) is 52.4 Å². The molecule has 0 aromatic heterocycles. The molecule has 0 aromatic rings. The highest BCUT2D eigenvalue weighted by atomic mass is 15.2. The maximum atomic E-state index is 5.85. The van der Waals surface area contributed by atoms with Crippen molar-refractivity contribution in [3.05, 3.63) is 0 Å². The largest absolute Gasteiger partial charge is 0.329 e. The monoisotopic (exact) mass is 212 g/mol. The van der Waals surface area contributed by atoms with Gasteiger partial charge in [-0.2, -0.15) is 0 Å². The molecule has 1 rings (SSSR count). The van der Waals surface area contributed by atoms with Crippen molar-refractivity contribution in [2.45, 2.75) is 58.4 Å². The molecule has 0 spiro atoms. The average molecular weight is 212 g/mol. The molecule has 0 radical (unpaired) electrons. The third-order valence-electron chi connectivity index (χ3n) is 3.50. The van der Waals surface area contributed by atoms with Crippen molar-refractivity contribution < 1.29 is 0 Å². The highest BCUT2D eigenvalue weighted by Crippen LogP contribution is 2.17. The number of likely N-dealkylation sites (tertiary alicyclic amines) is 1. The molecule has 0 aliphatic carbocycles. The molecule has 1 saturated heterocycles. The van der Waals surface area contributed by atoms with Gasteiger partial charge in [0.05, 0.1) is 0 Å². The number of nitrogens with two attached hydrogens (primary N) is 1. The lowest BCUT2D eigenvalue weighted by molar-refractivity contribution is 0.198. The summed E-state index contributed by atoms with van der Waals surface area (Å²) in [6.45, 7) is 8.01. The second kappa shape index (κ2) is 7.24. The average Bonchev–Trinajstić information content (AvgIpc) is 2.42. The van der Waals surface area contributed by atoms with Crippen LogP contribution in [0.25, 0.3) is 0 Å². The van der Waals surface area contributed by atoms with Crippen molar-refractivity contribution in [3.63, 3.8) is 0 Å². The summed E-state index contributed by atoms with van der Waals surface area (Å²) in [5, 5.41) is 0. The van der Waals surface area contributed by atoms with E-state index in [0.29, 0.717) is 6.04 Å². The van der Waals surface area contributed by atoms with E-state index in [1.54, 1.807) is 0 Å². The van der Waals surface area contributed by atoms with Gasteiger partial charge in [-0.25, -0.2) is 0 Å². The van der Waals surface area contributed by atoms with E-state index in [4.69, 9.17) is 5.73 Å². The Morgan fingerprint density at radius 1 is 1.27 bits per heavy atom. The van der Waals surface area contributed by atoms with Crippen molar-refractivity contribution in [1.82, 2.24) is 4.90 Å². The van der Waals surface area contributed by atoms with Gasteiger partial charge >= 0.3 is 0 Å². The molecule has 1 unspecified atom stereocenters. The van der Waals surface area contributed by atoms with Gasteiger partial charge < -0.3 is 5.73 Å². The van der Waals surface area contributed by atoms with E-state index >= 15 is 0 Å². The van der Waals surface area contributed by atoms with E-state index < -0.39 is 0 Å². The molecule has 2 heteroatoms. The Bertz CT molecular complexity index is 157. The van der Waals surface area contributed by atoms with Crippen LogP contribution in [0.15, 0.2) is 0 Å². The molecular formula is C13H28N2. The molecule has 2 nitrogen and oxygen atoms in total.